The van der Waals surface area contributed by atoms with Gasteiger partial charge in [0.25, 0.3) is 11.4 Å². The van der Waals surface area contributed by atoms with Crippen LogP contribution in [-0.4, -0.2) is 135 Å². The van der Waals surface area contributed by atoms with Gasteiger partial charge in [0.15, 0.2) is 0 Å². The van der Waals surface area contributed by atoms with E-state index < -0.39 is 9.85 Å². The van der Waals surface area contributed by atoms with Crippen LogP contribution in [0, 0.1) is 20.2 Å². The topological polar surface area (TPSA) is 181 Å². The van der Waals surface area contributed by atoms with E-state index in [1.54, 1.807) is 0 Å². The molecule has 0 radical (unpaired) electrons. The average molecular weight is 650 g/mol. The summed E-state index contributed by atoms with van der Waals surface area (Å²) in [6.07, 6.45) is 3.50. The fraction of sp³-hybridized carbons (Fsp3) is 0.793. The lowest BCUT2D eigenvalue weighted by Crippen LogP contribution is -2.15. The average Bonchev–Trinajstić information content (AvgIpc) is 3.03. The van der Waals surface area contributed by atoms with Gasteiger partial charge in [0.2, 0.25) is 0 Å². The Morgan fingerprint density at radius 2 is 0.911 bits per heavy atom. The molecule has 16 nitrogen and oxygen atoms in total. The monoisotopic (exact) mass is 649 g/mol. The molecule has 45 heavy (non-hydrogen) atoms. The van der Waals surface area contributed by atoms with Crippen LogP contribution in [0.3, 0.4) is 0 Å². The third-order valence-electron chi connectivity index (χ3n) is 5.82. The number of nitro groups is 2. The van der Waals surface area contributed by atoms with Crippen molar-refractivity contribution in [3.8, 4) is 0 Å². The highest BCUT2D eigenvalue weighted by molar-refractivity contribution is 5.65. The molecule has 16 heteroatoms. The maximum Gasteiger partial charge on any atom is 0.299 e. The number of nitrogens with one attached hydrogen (secondary N) is 1. The smallest absolute Gasteiger partial charge is 0.299 e. The van der Waals surface area contributed by atoms with Crippen LogP contribution in [0.1, 0.15) is 26.2 Å². The van der Waals surface area contributed by atoms with Crippen molar-refractivity contribution >= 4 is 17.1 Å². The van der Waals surface area contributed by atoms with Crippen molar-refractivity contribution in [2.75, 3.05) is 131 Å². The number of hydrogen-bond donors (Lipinski definition) is 1. The molecule has 0 amide bonds. The van der Waals surface area contributed by atoms with E-state index in [1.807, 2.05) is 0 Å². The molecule has 0 heterocycles. The second-order valence-electron chi connectivity index (χ2n) is 9.36. The van der Waals surface area contributed by atoms with Gasteiger partial charge in [0.1, 0.15) is 5.69 Å². The third-order valence-corrected chi connectivity index (χ3v) is 5.82. The van der Waals surface area contributed by atoms with Crippen molar-refractivity contribution < 1.29 is 52.5 Å². The minimum atomic E-state index is -0.679. The molecule has 260 valence electrons. The highest BCUT2D eigenvalue weighted by atomic mass is 16.6. The van der Waals surface area contributed by atoms with Crippen molar-refractivity contribution in [1.82, 2.24) is 0 Å². The maximum absolute atomic E-state index is 11.1. The SMILES string of the molecule is CCCCCOCCOCCOCCOCCOCCOCCOCCOCCOCCNc1ccc([N+](=O)[O-])cc1[N+](=O)[O-]. The van der Waals surface area contributed by atoms with E-state index in [-0.39, 0.29) is 23.7 Å². The Balaban J connectivity index is 1.75. The van der Waals surface area contributed by atoms with Gasteiger partial charge in [-0.1, -0.05) is 19.8 Å². The van der Waals surface area contributed by atoms with Gasteiger partial charge < -0.3 is 47.9 Å². The van der Waals surface area contributed by atoms with Crippen LogP contribution in [0.25, 0.3) is 0 Å². The van der Waals surface area contributed by atoms with Gasteiger partial charge in [-0.25, -0.2) is 0 Å². The molecule has 0 aliphatic carbocycles. The Morgan fingerprint density at radius 1 is 0.533 bits per heavy atom. The second kappa shape index (κ2) is 30.1. The molecule has 1 rings (SSSR count). The number of non-ortho nitro benzene ring substituents is 1. The van der Waals surface area contributed by atoms with Crippen molar-refractivity contribution in [1.29, 1.82) is 0 Å². The fourth-order valence-electron chi connectivity index (χ4n) is 3.51. The Morgan fingerprint density at radius 3 is 1.27 bits per heavy atom. The predicted molar refractivity (Wildman–Crippen MR) is 165 cm³/mol. The van der Waals surface area contributed by atoms with Crippen molar-refractivity contribution in [2.45, 2.75) is 26.2 Å². The number of ether oxygens (including phenoxy) is 9. The Hall–Kier alpha value is -2.54. The highest BCUT2D eigenvalue weighted by Crippen LogP contribution is 2.28. The molecule has 0 atom stereocenters. The molecule has 0 unspecified atom stereocenters. The van der Waals surface area contributed by atoms with Gasteiger partial charge in [-0.15, -0.1) is 0 Å². The lowest BCUT2D eigenvalue weighted by Gasteiger charge is -2.09. The van der Waals surface area contributed by atoms with Gasteiger partial charge in [-0.05, 0) is 12.5 Å². The Kier molecular flexibility index (Phi) is 27.1. The number of anilines is 1. The van der Waals surface area contributed by atoms with E-state index in [0.29, 0.717) is 112 Å². The van der Waals surface area contributed by atoms with Crippen LogP contribution in [-0.2, 0) is 42.6 Å². The van der Waals surface area contributed by atoms with Crippen LogP contribution >= 0.6 is 0 Å². The van der Waals surface area contributed by atoms with E-state index in [1.165, 1.54) is 25.0 Å². The lowest BCUT2D eigenvalue weighted by atomic mass is 10.2. The van der Waals surface area contributed by atoms with Crippen LogP contribution in [0.4, 0.5) is 17.1 Å². The predicted octanol–water partition coefficient (Wildman–Crippen LogP) is 3.25. The molecule has 0 saturated heterocycles. The van der Waals surface area contributed by atoms with Gasteiger partial charge in [-0.3, -0.25) is 20.2 Å². The fourth-order valence-corrected chi connectivity index (χ4v) is 3.51. The molecule has 1 aromatic carbocycles. The minimum absolute atomic E-state index is 0.189. The summed E-state index contributed by atoms with van der Waals surface area (Å²) in [6, 6.07) is 3.43. The summed E-state index contributed by atoms with van der Waals surface area (Å²) in [4.78, 5) is 20.6. The molecule has 0 aromatic heterocycles. The van der Waals surface area contributed by atoms with E-state index in [0.717, 1.165) is 19.1 Å². The molecule has 0 fully saturated rings. The van der Waals surface area contributed by atoms with Gasteiger partial charge >= 0.3 is 0 Å². The minimum Gasteiger partial charge on any atom is -0.379 e. The number of unbranched alkanes of at least 4 members (excludes halogenated alkanes) is 2. The summed E-state index contributed by atoms with van der Waals surface area (Å²) in [5, 5.41) is 24.8. The third kappa shape index (κ3) is 24.4. The number of rotatable bonds is 34. The first kappa shape index (κ1) is 40.5. The molecule has 1 N–H and O–H groups in total. The molecule has 0 aliphatic rings. The zero-order valence-electron chi connectivity index (χ0n) is 26.5. The van der Waals surface area contributed by atoms with Crippen molar-refractivity contribution in [3.63, 3.8) is 0 Å². The molecular weight excluding hydrogens is 598 g/mol. The molecule has 0 aliphatic heterocycles. The zero-order valence-corrected chi connectivity index (χ0v) is 26.5. The van der Waals surface area contributed by atoms with E-state index >= 15 is 0 Å². The van der Waals surface area contributed by atoms with Crippen LogP contribution in [0.5, 0.6) is 0 Å². The van der Waals surface area contributed by atoms with Crippen LogP contribution < -0.4 is 5.32 Å². The summed E-state index contributed by atoms with van der Waals surface area (Å²) in [7, 11) is 0. The van der Waals surface area contributed by atoms with Gasteiger partial charge in [-0.2, -0.15) is 0 Å². The van der Waals surface area contributed by atoms with E-state index in [4.69, 9.17) is 42.6 Å². The summed E-state index contributed by atoms with van der Waals surface area (Å²) in [5.41, 5.74) is -0.516. The molecule has 1 aromatic rings. The van der Waals surface area contributed by atoms with Crippen LogP contribution in [0.15, 0.2) is 18.2 Å². The van der Waals surface area contributed by atoms with Gasteiger partial charge in [0.05, 0.1) is 128 Å². The lowest BCUT2D eigenvalue weighted by molar-refractivity contribution is -0.393. The largest absolute Gasteiger partial charge is 0.379 e. The number of nitrogens with zero attached hydrogens (tertiary/aromatic N) is 2. The highest BCUT2D eigenvalue weighted by Gasteiger charge is 2.19. The molecule has 0 bridgehead atoms. The van der Waals surface area contributed by atoms with Crippen molar-refractivity contribution in [2.24, 2.45) is 0 Å². The number of benzene rings is 1. The maximum atomic E-state index is 11.1. The molecular formula is C29H51N3O13. The molecule has 0 saturated carbocycles. The number of hydrogen-bond acceptors (Lipinski definition) is 14. The van der Waals surface area contributed by atoms with Gasteiger partial charge in [0, 0.05) is 19.2 Å². The zero-order chi connectivity index (χ0) is 32.6. The quantitative estimate of drug-likeness (QED) is 0.0652. The van der Waals surface area contributed by atoms with E-state index in [9.17, 15) is 20.2 Å². The standard InChI is InChI=1S/C29H51N3O13/c1-2-3-4-8-37-10-12-39-14-16-41-18-20-43-22-24-45-25-23-44-21-19-42-17-15-40-13-11-38-9-7-30-28-6-5-27(31(33)34)26-29(28)32(35)36/h5-6,26,30H,2-4,7-25H2,1H3. The molecule has 0 spiro atoms. The van der Waals surface area contributed by atoms with Crippen LogP contribution in [0.2, 0.25) is 0 Å². The first-order valence-corrected chi connectivity index (χ1v) is 15.4. The first-order valence-electron chi connectivity index (χ1n) is 15.4. The second-order valence-corrected chi connectivity index (χ2v) is 9.36. The summed E-state index contributed by atoms with van der Waals surface area (Å²) < 4.78 is 49.0. The summed E-state index contributed by atoms with van der Waals surface area (Å²) >= 11 is 0. The summed E-state index contributed by atoms with van der Waals surface area (Å²) in [6.45, 7) is 11.2. The first-order chi connectivity index (χ1) is 22.1. The Labute approximate surface area is 265 Å². The van der Waals surface area contributed by atoms with Crippen molar-refractivity contribution in [3.05, 3.63) is 38.4 Å². The normalized spacial score (nSPS) is 11.2. The summed E-state index contributed by atoms with van der Waals surface area (Å²) in [5.74, 6) is 0. The Bertz CT molecular complexity index is 867. The van der Waals surface area contributed by atoms with E-state index in [2.05, 4.69) is 12.2 Å². The number of nitro benzene ring substituents is 2.